The lowest BCUT2D eigenvalue weighted by molar-refractivity contribution is 0.122. The summed E-state index contributed by atoms with van der Waals surface area (Å²) in [5, 5.41) is 11.5. The van der Waals surface area contributed by atoms with Crippen molar-refractivity contribution in [2.75, 3.05) is 36.5 Å². The second-order valence-corrected chi connectivity index (χ2v) is 6.89. The van der Waals surface area contributed by atoms with Gasteiger partial charge in [0.05, 0.1) is 30.5 Å². The molecule has 146 valence electrons. The Balaban J connectivity index is 1.51. The summed E-state index contributed by atoms with van der Waals surface area (Å²) in [6, 6.07) is 11.9. The summed E-state index contributed by atoms with van der Waals surface area (Å²) in [6.07, 6.45) is 5.13. The molecule has 0 saturated carbocycles. The number of fused-ring (bicyclic) bond motifs is 1. The molecule has 4 heterocycles. The zero-order valence-corrected chi connectivity index (χ0v) is 15.7. The molecule has 1 fully saturated rings. The first kappa shape index (κ1) is 17.4. The molecule has 0 atom stereocenters. The molecule has 4 aromatic rings. The number of nitrogens with one attached hydrogen (secondary N) is 3. The van der Waals surface area contributed by atoms with Crippen LogP contribution in [-0.4, -0.2) is 46.5 Å². The Bertz CT molecular complexity index is 1180. The Morgan fingerprint density at radius 1 is 1.10 bits per heavy atom. The van der Waals surface area contributed by atoms with E-state index in [1.165, 1.54) is 0 Å². The predicted octanol–water partition coefficient (Wildman–Crippen LogP) is 2.89. The van der Waals surface area contributed by atoms with Crippen LogP contribution in [0.3, 0.4) is 0 Å². The molecule has 1 aromatic carbocycles. The molecule has 0 bridgehead atoms. The number of anilines is 3. The van der Waals surface area contributed by atoms with Crippen LogP contribution < -0.4 is 15.8 Å². The molecular formula is C21H20N6O2. The summed E-state index contributed by atoms with van der Waals surface area (Å²) in [4.78, 5) is 22.2. The van der Waals surface area contributed by atoms with Gasteiger partial charge in [0.1, 0.15) is 5.82 Å². The fourth-order valence-corrected chi connectivity index (χ4v) is 3.56. The fourth-order valence-electron chi connectivity index (χ4n) is 3.56. The summed E-state index contributed by atoms with van der Waals surface area (Å²) >= 11 is 0. The molecule has 3 N–H and O–H groups in total. The van der Waals surface area contributed by atoms with Crippen molar-refractivity contribution in [2.24, 2.45) is 0 Å². The Kier molecular flexibility index (Phi) is 4.45. The Morgan fingerprint density at radius 2 is 1.93 bits per heavy atom. The van der Waals surface area contributed by atoms with Gasteiger partial charge in [0.25, 0.3) is 5.56 Å². The van der Waals surface area contributed by atoms with Crippen LogP contribution in [0.15, 0.2) is 59.8 Å². The number of pyridine rings is 2. The topological polar surface area (TPSA) is 98.9 Å². The van der Waals surface area contributed by atoms with E-state index in [9.17, 15) is 4.79 Å². The molecule has 0 radical (unpaired) electrons. The van der Waals surface area contributed by atoms with E-state index in [4.69, 9.17) is 9.72 Å². The molecule has 3 aromatic heterocycles. The van der Waals surface area contributed by atoms with Gasteiger partial charge in [-0.1, -0.05) is 0 Å². The van der Waals surface area contributed by atoms with Gasteiger partial charge < -0.3 is 19.9 Å². The molecule has 0 amide bonds. The van der Waals surface area contributed by atoms with E-state index >= 15 is 0 Å². The van der Waals surface area contributed by atoms with Crippen LogP contribution in [0.25, 0.3) is 22.0 Å². The summed E-state index contributed by atoms with van der Waals surface area (Å²) in [5.74, 6) is 0.514. The highest BCUT2D eigenvalue weighted by molar-refractivity contribution is 5.95. The predicted molar refractivity (Wildman–Crippen MR) is 113 cm³/mol. The lowest BCUT2D eigenvalue weighted by atomic mass is 10.1. The molecule has 8 heteroatoms. The van der Waals surface area contributed by atoms with E-state index in [0.29, 0.717) is 11.2 Å². The number of nitrogens with zero attached hydrogens (tertiary/aromatic N) is 3. The molecular weight excluding hydrogens is 368 g/mol. The molecule has 1 aliphatic heterocycles. The zero-order valence-electron chi connectivity index (χ0n) is 15.7. The number of benzene rings is 1. The van der Waals surface area contributed by atoms with Gasteiger partial charge in [0.2, 0.25) is 0 Å². The zero-order chi connectivity index (χ0) is 19.6. The summed E-state index contributed by atoms with van der Waals surface area (Å²) in [5.41, 5.74) is 3.44. The van der Waals surface area contributed by atoms with Crippen LogP contribution in [0, 0.1) is 0 Å². The normalized spacial score (nSPS) is 14.3. The van der Waals surface area contributed by atoms with Gasteiger partial charge in [-0.2, -0.15) is 5.10 Å². The minimum absolute atomic E-state index is 0.179. The second kappa shape index (κ2) is 7.40. The Hall–Kier alpha value is -3.65. The molecule has 0 spiro atoms. The highest BCUT2D eigenvalue weighted by atomic mass is 16.5. The van der Waals surface area contributed by atoms with E-state index < -0.39 is 0 Å². The van der Waals surface area contributed by atoms with Gasteiger partial charge in [-0.15, -0.1) is 0 Å². The third kappa shape index (κ3) is 3.45. The van der Waals surface area contributed by atoms with Crippen LogP contribution in [-0.2, 0) is 4.74 Å². The largest absolute Gasteiger partial charge is 0.378 e. The maximum atomic E-state index is 12.5. The number of aromatic amines is 2. The first-order valence-electron chi connectivity index (χ1n) is 9.49. The molecule has 29 heavy (non-hydrogen) atoms. The second-order valence-electron chi connectivity index (χ2n) is 6.89. The molecule has 8 nitrogen and oxygen atoms in total. The van der Waals surface area contributed by atoms with Crippen molar-refractivity contribution in [2.45, 2.75) is 0 Å². The van der Waals surface area contributed by atoms with E-state index in [1.54, 1.807) is 18.6 Å². The molecule has 5 rings (SSSR count). The van der Waals surface area contributed by atoms with Crippen molar-refractivity contribution in [1.29, 1.82) is 0 Å². The Labute approximate surface area is 166 Å². The van der Waals surface area contributed by atoms with Crippen molar-refractivity contribution < 1.29 is 4.74 Å². The van der Waals surface area contributed by atoms with Gasteiger partial charge in [0, 0.05) is 42.4 Å². The first-order valence-corrected chi connectivity index (χ1v) is 9.49. The van der Waals surface area contributed by atoms with Crippen LogP contribution in [0.2, 0.25) is 0 Å². The monoisotopic (exact) mass is 388 g/mol. The third-order valence-electron chi connectivity index (χ3n) is 5.05. The highest BCUT2D eigenvalue weighted by Gasteiger charge is 2.13. The SMILES string of the molecule is O=c1[nH]ccc2cc(-c3cn[nH]c3)nc(Nc3ccc(N4CCOCC4)cc3)c12. The number of aromatic nitrogens is 4. The van der Waals surface area contributed by atoms with Gasteiger partial charge in [-0.25, -0.2) is 4.98 Å². The fraction of sp³-hybridized carbons (Fsp3) is 0.190. The van der Waals surface area contributed by atoms with E-state index in [-0.39, 0.29) is 5.56 Å². The number of morpholine rings is 1. The molecule has 1 aliphatic rings. The quantitative estimate of drug-likeness (QED) is 0.497. The minimum Gasteiger partial charge on any atom is -0.378 e. The molecule has 0 unspecified atom stereocenters. The van der Waals surface area contributed by atoms with Crippen molar-refractivity contribution in [3.63, 3.8) is 0 Å². The molecule has 0 aliphatic carbocycles. The average molecular weight is 388 g/mol. The van der Waals surface area contributed by atoms with Gasteiger partial charge in [-0.05, 0) is 41.8 Å². The smallest absolute Gasteiger partial charge is 0.259 e. The van der Waals surface area contributed by atoms with E-state index in [2.05, 4.69) is 37.5 Å². The number of hydrogen-bond acceptors (Lipinski definition) is 6. The summed E-state index contributed by atoms with van der Waals surface area (Å²) < 4.78 is 5.42. The first-order chi connectivity index (χ1) is 14.3. The number of rotatable bonds is 4. The third-order valence-corrected chi connectivity index (χ3v) is 5.05. The van der Waals surface area contributed by atoms with Crippen molar-refractivity contribution in [1.82, 2.24) is 20.2 Å². The standard InChI is InChI=1S/C21H20N6O2/c28-21-19-14(5-6-22-21)11-18(15-12-23-24-13-15)26-20(19)25-16-1-3-17(4-2-16)27-7-9-29-10-8-27/h1-6,11-13H,7-10H2,(H,22,28)(H,23,24)(H,25,26). The van der Waals surface area contributed by atoms with Crippen LogP contribution >= 0.6 is 0 Å². The van der Waals surface area contributed by atoms with Gasteiger partial charge in [0.15, 0.2) is 0 Å². The maximum Gasteiger partial charge on any atom is 0.259 e. The maximum absolute atomic E-state index is 12.5. The summed E-state index contributed by atoms with van der Waals surface area (Å²) in [6.45, 7) is 3.28. The van der Waals surface area contributed by atoms with Gasteiger partial charge >= 0.3 is 0 Å². The summed E-state index contributed by atoms with van der Waals surface area (Å²) in [7, 11) is 0. The molecule has 1 saturated heterocycles. The van der Waals surface area contributed by atoms with Crippen molar-refractivity contribution in [3.8, 4) is 11.3 Å². The van der Waals surface area contributed by atoms with E-state index in [1.807, 2.05) is 24.3 Å². The Morgan fingerprint density at radius 3 is 2.69 bits per heavy atom. The lowest BCUT2D eigenvalue weighted by Crippen LogP contribution is -2.36. The van der Waals surface area contributed by atoms with Crippen molar-refractivity contribution in [3.05, 3.63) is 65.3 Å². The van der Waals surface area contributed by atoms with Crippen LogP contribution in [0.1, 0.15) is 0 Å². The average Bonchev–Trinajstić information content (AvgIpc) is 3.30. The van der Waals surface area contributed by atoms with Crippen LogP contribution in [0.4, 0.5) is 17.2 Å². The highest BCUT2D eigenvalue weighted by Crippen LogP contribution is 2.28. The number of hydrogen-bond donors (Lipinski definition) is 3. The van der Waals surface area contributed by atoms with Crippen molar-refractivity contribution >= 4 is 28.0 Å². The van der Waals surface area contributed by atoms with E-state index in [0.717, 1.165) is 54.3 Å². The minimum atomic E-state index is -0.179. The van der Waals surface area contributed by atoms with Gasteiger partial charge in [-0.3, -0.25) is 9.89 Å². The van der Waals surface area contributed by atoms with Crippen LogP contribution in [0.5, 0.6) is 0 Å². The number of ether oxygens (including phenoxy) is 1. The lowest BCUT2D eigenvalue weighted by Gasteiger charge is -2.28. The number of H-pyrrole nitrogens is 2.